The van der Waals surface area contributed by atoms with E-state index >= 15 is 0 Å². The summed E-state index contributed by atoms with van der Waals surface area (Å²) in [4.78, 5) is 0. The van der Waals surface area contributed by atoms with Gasteiger partial charge in [-0.25, -0.2) is 0 Å². The van der Waals surface area contributed by atoms with Crippen LogP contribution in [0, 0.1) is 0 Å². The maximum absolute atomic E-state index is 2.45. The second-order valence-electron chi connectivity index (χ2n) is 13.3. The van der Waals surface area contributed by atoms with E-state index in [0.29, 0.717) is 0 Å². The molecule has 7 aromatic carbocycles. The smallest absolute Gasteiger partial charge is 0.0541 e. The summed E-state index contributed by atoms with van der Waals surface area (Å²) in [5.74, 6) is 0. The van der Waals surface area contributed by atoms with Crippen molar-refractivity contribution in [3.63, 3.8) is 0 Å². The van der Waals surface area contributed by atoms with Gasteiger partial charge in [-0.3, -0.25) is 0 Å². The molecule has 0 saturated heterocycles. The van der Waals surface area contributed by atoms with Crippen LogP contribution in [-0.4, -0.2) is 9.13 Å². The highest BCUT2D eigenvalue weighted by atomic mass is 15.0. The maximum atomic E-state index is 2.45. The van der Waals surface area contributed by atoms with E-state index in [0.717, 1.165) is 12.8 Å². The molecule has 1 aliphatic rings. The Labute approximate surface area is 291 Å². The van der Waals surface area contributed by atoms with Gasteiger partial charge in [-0.2, -0.15) is 0 Å². The maximum Gasteiger partial charge on any atom is 0.0541 e. The molecule has 0 fully saturated rings. The van der Waals surface area contributed by atoms with Crippen LogP contribution >= 0.6 is 0 Å². The van der Waals surface area contributed by atoms with Gasteiger partial charge in [0, 0.05) is 32.9 Å². The van der Waals surface area contributed by atoms with Crippen LogP contribution in [0.1, 0.15) is 18.4 Å². The van der Waals surface area contributed by atoms with Gasteiger partial charge in [0.05, 0.1) is 22.1 Å². The number of aromatic nitrogens is 2. The summed E-state index contributed by atoms with van der Waals surface area (Å²) in [5.41, 5.74) is 14.7. The first-order chi connectivity index (χ1) is 24.8. The number of fused-ring (bicyclic) bond motifs is 6. The number of hydrogen-bond acceptors (Lipinski definition) is 0. The standard InChI is InChI=1S/C48H34N2/c1-4-14-33(15-5-1)37-28-38(34-16-6-2-7-17-34)30-40(29-37)50-46-23-13-11-21-42(46)44-32-36(25-27-48(44)50)35-24-26-47-43(31-35)41-20-10-12-22-45(41)49(47)39-18-8-3-9-19-39/h1,3-6,8-32H,2,7H2. The molecular weight excluding hydrogens is 605 g/mol. The average Bonchev–Trinajstić information content (AvgIpc) is 3.71. The Balaban J connectivity index is 1.17. The fourth-order valence-corrected chi connectivity index (χ4v) is 7.97. The predicted molar refractivity (Wildman–Crippen MR) is 212 cm³/mol. The highest BCUT2D eigenvalue weighted by Gasteiger charge is 2.17. The van der Waals surface area contributed by atoms with Gasteiger partial charge < -0.3 is 9.13 Å². The molecule has 1 aliphatic carbocycles. The number of hydrogen-bond donors (Lipinski definition) is 0. The normalized spacial score (nSPS) is 13.1. The van der Waals surface area contributed by atoms with Gasteiger partial charge in [-0.15, -0.1) is 0 Å². The van der Waals surface area contributed by atoms with Crippen molar-refractivity contribution in [1.82, 2.24) is 9.13 Å². The lowest BCUT2D eigenvalue weighted by atomic mass is 9.95. The van der Waals surface area contributed by atoms with E-state index in [1.54, 1.807) is 0 Å². The first-order valence-corrected chi connectivity index (χ1v) is 17.5. The van der Waals surface area contributed by atoms with Gasteiger partial charge in [0.2, 0.25) is 0 Å². The number of para-hydroxylation sites is 3. The van der Waals surface area contributed by atoms with Crippen molar-refractivity contribution in [1.29, 1.82) is 0 Å². The van der Waals surface area contributed by atoms with Crippen LogP contribution in [0.15, 0.2) is 182 Å². The van der Waals surface area contributed by atoms with E-state index in [1.165, 1.54) is 88.4 Å². The fourth-order valence-electron chi connectivity index (χ4n) is 7.97. The lowest BCUT2D eigenvalue weighted by molar-refractivity contribution is 1.04. The van der Waals surface area contributed by atoms with Gasteiger partial charge in [-0.05, 0) is 113 Å². The summed E-state index contributed by atoms with van der Waals surface area (Å²) in [6.45, 7) is 0. The van der Waals surface area contributed by atoms with E-state index in [9.17, 15) is 0 Å². The van der Waals surface area contributed by atoms with Crippen LogP contribution in [0.3, 0.4) is 0 Å². The third-order valence-electron chi connectivity index (χ3n) is 10.3. The minimum Gasteiger partial charge on any atom is -0.309 e. The topological polar surface area (TPSA) is 9.86 Å². The Morgan fingerprint density at radius 1 is 0.340 bits per heavy atom. The quantitative estimate of drug-likeness (QED) is 0.178. The van der Waals surface area contributed by atoms with E-state index < -0.39 is 0 Å². The molecule has 0 atom stereocenters. The van der Waals surface area contributed by atoms with Gasteiger partial charge in [-0.1, -0.05) is 115 Å². The zero-order chi connectivity index (χ0) is 33.0. The first kappa shape index (κ1) is 28.6. The second-order valence-corrected chi connectivity index (χ2v) is 13.3. The summed E-state index contributed by atoms with van der Waals surface area (Å²) in [6, 6.07) is 60.0. The molecule has 236 valence electrons. The van der Waals surface area contributed by atoms with Crippen LogP contribution in [0.4, 0.5) is 0 Å². The molecule has 0 amide bonds. The number of rotatable bonds is 5. The monoisotopic (exact) mass is 638 g/mol. The third kappa shape index (κ3) is 4.64. The molecule has 0 bridgehead atoms. The van der Waals surface area contributed by atoms with Crippen LogP contribution in [0.2, 0.25) is 0 Å². The molecule has 2 heterocycles. The Kier molecular flexibility index (Phi) is 6.67. The number of benzene rings is 7. The van der Waals surface area contributed by atoms with Gasteiger partial charge in [0.15, 0.2) is 0 Å². The number of allylic oxidation sites excluding steroid dienone is 4. The Morgan fingerprint density at radius 2 is 0.880 bits per heavy atom. The molecule has 50 heavy (non-hydrogen) atoms. The Bertz CT molecular complexity index is 2790. The van der Waals surface area contributed by atoms with Crippen molar-refractivity contribution >= 4 is 49.2 Å². The average molecular weight is 639 g/mol. The molecule has 0 N–H and O–H groups in total. The van der Waals surface area contributed by atoms with Crippen molar-refractivity contribution < 1.29 is 0 Å². The molecule has 2 heteroatoms. The van der Waals surface area contributed by atoms with E-state index in [4.69, 9.17) is 0 Å². The van der Waals surface area contributed by atoms with Gasteiger partial charge in [0.25, 0.3) is 0 Å². The lowest BCUT2D eigenvalue weighted by Gasteiger charge is -2.15. The van der Waals surface area contributed by atoms with Gasteiger partial charge in [0.1, 0.15) is 0 Å². The van der Waals surface area contributed by atoms with Crippen molar-refractivity contribution in [2.24, 2.45) is 0 Å². The first-order valence-electron chi connectivity index (χ1n) is 17.5. The molecule has 9 aromatic rings. The van der Waals surface area contributed by atoms with E-state index in [1.807, 2.05) is 0 Å². The third-order valence-corrected chi connectivity index (χ3v) is 10.3. The number of nitrogens with zero attached hydrogens (tertiary/aromatic N) is 2. The van der Waals surface area contributed by atoms with Crippen molar-refractivity contribution in [3.05, 3.63) is 188 Å². The van der Waals surface area contributed by atoms with Crippen LogP contribution in [-0.2, 0) is 0 Å². The summed E-state index contributed by atoms with van der Waals surface area (Å²) >= 11 is 0. The van der Waals surface area contributed by atoms with Crippen LogP contribution < -0.4 is 0 Å². The second kappa shape index (κ2) is 11.6. The van der Waals surface area contributed by atoms with Gasteiger partial charge >= 0.3 is 0 Å². The molecule has 2 nitrogen and oxygen atoms in total. The summed E-state index contributed by atoms with van der Waals surface area (Å²) in [7, 11) is 0. The SMILES string of the molecule is C1=CC(c2cc(-c3ccccc3)cc(-n3c4ccccc4c4cc(-c5ccc6c(c5)c5ccccc5n6-c5ccccc5)ccc43)c2)=CCC1. The molecule has 10 rings (SSSR count). The molecular formula is C48H34N2. The molecule has 0 radical (unpaired) electrons. The lowest BCUT2D eigenvalue weighted by Crippen LogP contribution is -1.97. The zero-order valence-electron chi connectivity index (χ0n) is 27.6. The Morgan fingerprint density at radius 3 is 1.50 bits per heavy atom. The van der Waals surface area contributed by atoms with Crippen molar-refractivity contribution in [3.8, 4) is 33.6 Å². The van der Waals surface area contributed by atoms with Crippen molar-refractivity contribution in [2.75, 3.05) is 0 Å². The zero-order valence-corrected chi connectivity index (χ0v) is 27.6. The van der Waals surface area contributed by atoms with Crippen molar-refractivity contribution in [2.45, 2.75) is 12.8 Å². The van der Waals surface area contributed by atoms with E-state index in [2.05, 4.69) is 191 Å². The van der Waals surface area contributed by atoms with Crippen LogP contribution in [0.25, 0.3) is 82.8 Å². The minimum atomic E-state index is 1.08. The highest BCUT2D eigenvalue weighted by Crippen LogP contribution is 2.39. The van der Waals surface area contributed by atoms with E-state index in [-0.39, 0.29) is 0 Å². The fraction of sp³-hybridized carbons (Fsp3) is 0.0417. The summed E-state index contributed by atoms with van der Waals surface area (Å²) in [6.07, 6.45) is 9.13. The largest absolute Gasteiger partial charge is 0.309 e. The molecule has 0 aliphatic heterocycles. The Hall–Kier alpha value is -6.38. The summed E-state index contributed by atoms with van der Waals surface area (Å²) in [5, 5.41) is 5.05. The molecule has 0 saturated carbocycles. The molecule has 0 unspecified atom stereocenters. The summed E-state index contributed by atoms with van der Waals surface area (Å²) < 4.78 is 4.83. The molecule has 2 aromatic heterocycles. The van der Waals surface area contributed by atoms with Crippen LogP contribution in [0.5, 0.6) is 0 Å². The highest BCUT2D eigenvalue weighted by molar-refractivity contribution is 6.12. The molecule has 0 spiro atoms. The predicted octanol–water partition coefficient (Wildman–Crippen LogP) is 12.9. The minimum absolute atomic E-state index is 1.08.